The minimum atomic E-state index is -2.58. The summed E-state index contributed by atoms with van der Waals surface area (Å²) < 4.78 is 23.8. The maximum Gasteiger partial charge on any atom is 0.405 e. The fourth-order valence-electron chi connectivity index (χ4n) is 0.888. The van der Waals surface area contributed by atoms with E-state index in [0.29, 0.717) is 12.2 Å². The topological polar surface area (TPSA) is 124 Å². The molecule has 1 amide bonds. The number of rotatable bonds is 4. The van der Waals surface area contributed by atoms with Crippen molar-refractivity contribution < 1.29 is 38.5 Å². The predicted octanol–water partition coefficient (Wildman–Crippen LogP) is 0.764. The van der Waals surface area contributed by atoms with Gasteiger partial charge in [-0.2, -0.15) is 0 Å². The maximum absolute atomic E-state index is 11.9. The summed E-state index contributed by atoms with van der Waals surface area (Å²) in [5.74, 6) is -2.51. The van der Waals surface area contributed by atoms with Crippen molar-refractivity contribution in [2.45, 2.75) is 24.8 Å². The number of hydrogen-bond acceptors (Lipinski definition) is 3. The first-order valence-corrected chi connectivity index (χ1v) is 4.63. The van der Waals surface area contributed by atoms with Crippen LogP contribution in [0.4, 0.5) is 13.6 Å². The molecule has 0 spiro atoms. The third-order valence-corrected chi connectivity index (χ3v) is 1.93. The minimum Gasteiger partial charge on any atom is -0.478 e. The first kappa shape index (κ1) is 15.8. The zero-order chi connectivity index (χ0) is 14.3. The van der Waals surface area contributed by atoms with Crippen molar-refractivity contribution in [1.82, 2.24) is 5.32 Å². The molecule has 1 fully saturated rings. The highest BCUT2D eigenvalue weighted by atomic mass is 19.3. The summed E-state index contributed by atoms with van der Waals surface area (Å²) in [4.78, 5) is 29.0. The Morgan fingerprint density at radius 2 is 1.44 bits per heavy atom. The van der Waals surface area contributed by atoms with E-state index in [4.69, 9.17) is 15.3 Å². The Balaban J connectivity index is 0.000000331. The molecule has 0 aromatic rings. The van der Waals surface area contributed by atoms with Crippen LogP contribution in [-0.4, -0.2) is 45.3 Å². The van der Waals surface area contributed by atoms with Crippen molar-refractivity contribution in [3.8, 4) is 0 Å². The largest absolute Gasteiger partial charge is 0.478 e. The van der Waals surface area contributed by atoms with Crippen molar-refractivity contribution in [3.05, 3.63) is 12.2 Å². The van der Waals surface area contributed by atoms with Crippen LogP contribution in [0.15, 0.2) is 12.2 Å². The molecule has 0 saturated heterocycles. The van der Waals surface area contributed by atoms with Crippen LogP contribution >= 0.6 is 0 Å². The second-order valence-electron chi connectivity index (χ2n) is 3.40. The minimum absolute atomic E-state index is 0.247. The first-order chi connectivity index (χ1) is 8.19. The highest BCUT2D eigenvalue weighted by molar-refractivity contribution is 5.89. The molecule has 0 heterocycles. The third-order valence-electron chi connectivity index (χ3n) is 1.93. The van der Waals surface area contributed by atoms with Gasteiger partial charge >= 0.3 is 18.0 Å². The zero-order valence-electron chi connectivity index (χ0n) is 8.97. The molecule has 0 unspecified atom stereocenters. The van der Waals surface area contributed by atoms with Gasteiger partial charge in [-0.05, 0) is 12.8 Å². The van der Waals surface area contributed by atoms with Gasteiger partial charge in [-0.15, -0.1) is 0 Å². The van der Waals surface area contributed by atoms with E-state index in [1.807, 2.05) is 0 Å². The molecule has 0 bridgehead atoms. The molecule has 0 atom stereocenters. The van der Waals surface area contributed by atoms with Gasteiger partial charge in [-0.25, -0.2) is 23.2 Å². The number of aliphatic carboxylic acids is 2. The van der Waals surface area contributed by atoms with E-state index in [0.717, 1.165) is 0 Å². The van der Waals surface area contributed by atoms with E-state index in [1.165, 1.54) is 0 Å². The van der Waals surface area contributed by atoms with Crippen LogP contribution in [-0.2, 0) is 9.59 Å². The number of halogens is 2. The number of carboxylic acids is 2. The van der Waals surface area contributed by atoms with E-state index in [1.54, 1.807) is 5.32 Å². The summed E-state index contributed by atoms with van der Waals surface area (Å²) in [5, 5.41) is 25.5. The second kappa shape index (κ2) is 6.52. The van der Waals surface area contributed by atoms with Gasteiger partial charge in [0, 0.05) is 12.2 Å². The van der Waals surface area contributed by atoms with Crippen LogP contribution in [0.5, 0.6) is 0 Å². The fraction of sp³-hybridized carbons (Fsp3) is 0.444. The average Bonchev–Trinajstić information content (AvgIpc) is 2.96. The number of carboxylic acid groups (broad SMARTS) is 3. The summed E-state index contributed by atoms with van der Waals surface area (Å²) in [6.45, 7) is 0. The van der Waals surface area contributed by atoms with Gasteiger partial charge in [0.2, 0.25) is 0 Å². The van der Waals surface area contributed by atoms with Gasteiger partial charge in [0.1, 0.15) is 5.54 Å². The van der Waals surface area contributed by atoms with Gasteiger partial charge in [0.05, 0.1) is 0 Å². The standard InChI is InChI=1S/C5H7F2NO2.C4H4O4/c6-3(7)5(1-2-5)8-4(9)10;5-3(6)1-2-4(7)8/h3,8H,1-2H2,(H,9,10);1-2H,(H,5,6)(H,7,8)/b;2-1-. The molecule has 18 heavy (non-hydrogen) atoms. The maximum atomic E-state index is 11.9. The monoisotopic (exact) mass is 267 g/mol. The third kappa shape index (κ3) is 6.40. The quantitative estimate of drug-likeness (QED) is 0.557. The highest BCUT2D eigenvalue weighted by Gasteiger charge is 2.52. The van der Waals surface area contributed by atoms with E-state index < -0.39 is 30.0 Å². The van der Waals surface area contributed by atoms with Crippen molar-refractivity contribution in [2.75, 3.05) is 0 Å². The van der Waals surface area contributed by atoms with Crippen molar-refractivity contribution in [3.63, 3.8) is 0 Å². The second-order valence-corrected chi connectivity index (χ2v) is 3.40. The molecule has 1 rings (SSSR count). The molecule has 1 saturated carbocycles. The summed E-state index contributed by atoms with van der Waals surface area (Å²) in [5.41, 5.74) is -1.41. The van der Waals surface area contributed by atoms with Crippen molar-refractivity contribution >= 4 is 18.0 Å². The number of hydrogen-bond donors (Lipinski definition) is 4. The molecule has 0 aliphatic heterocycles. The van der Waals surface area contributed by atoms with Gasteiger partial charge in [-0.1, -0.05) is 0 Å². The predicted molar refractivity (Wildman–Crippen MR) is 53.5 cm³/mol. The first-order valence-electron chi connectivity index (χ1n) is 4.63. The van der Waals surface area contributed by atoms with E-state index in [2.05, 4.69) is 0 Å². The summed E-state index contributed by atoms with van der Waals surface area (Å²) in [7, 11) is 0. The van der Waals surface area contributed by atoms with Crippen LogP contribution < -0.4 is 5.32 Å². The highest BCUT2D eigenvalue weighted by Crippen LogP contribution is 2.40. The van der Waals surface area contributed by atoms with Gasteiger partial charge < -0.3 is 20.6 Å². The normalized spacial score (nSPS) is 15.7. The fourth-order valence-corrected chi connectivity index (χ4v) is 0.888. The van der Waals surface area contributed by atoms with E-state index in [9.17, 15) is 23.2 Å². The summed E-state index contributed by atoms with van der Waals surface area (Å²) in [6, 6.07) is 0. The molecule has 4 N–H and O–H groups in total. The number of nitrogens with one attached hydrogen (secondary N) is 1. The van der Waals surface area contributed by atoms with Crippen molar-refractivity contribution in [2.24, 2.45) is 0 Å². The molecule has 0 aromatic carbocycles. The molecule has 9 heteroatoms. The lowest BCUT2D eigenvalue weighted by Crippen LogP contribution is -2.41. The lowest BCUT2D eigenvalue weighted by Gasteiger charge is -2.12. The van der Waals surface area contributed by atoms with Gasteiger partial charge in [0.25, 0.3) is 6.43 Å². The van der Waals surface area contributed by atoms with Gasteiger partial charge in [-0.3, -0.25) is 0 Å². The molecule has 1 aliphatic carbocycles. The Bertz CT molecular complexity index is 348. The average molecular weight is 267 g/mol. The SMILES string of the molecule is O=C(O)/C=C\C(=O)O.O=C(O)NC1(C(F)F)CC1. The molecule has 1 aliphatic rings. The Kier molecular flexibility index (Phi) is 5.73. The Hall–Kier alpha value is -2.19. The molecule has 0 aromatic heterocycles. The van der Waals surface area contributed by atoms with Crippen LogP contribution in [0.1, 0.15) is 12.8 Å². The molecule has 7 nitrogen and oxygen atoms in total. The number of carbonyl (C=O) groups is 3. The van der Waals surface area contributed by atoms with Crippen LogP contribution in [0.3, 0.4) is 0 Å². The smallest absolute Gasteiger partial charge is 0.405 e. The van der Waals surface area contributed by atoms with Crippen LogP contribution in [0.25, 0.3) is 0 Å². The Morgan fingerprint density at radius 1 is 1.06 bits per heavy atom. The van der Waals surface area contributed by atoms with E-state index in [-0.39, 0.29) is 12.8 Å². The summed E-state index contributed by atoms with van der Waals surface area (Å²) in [6.07, 6.45) is -2.35. The molecular weight excluding hydrogens is 256 g/mol. The van der Waals surface area contributed by atoms with E-state index >= 15 is 0 Å². The van der Waals surface area contributed by atoms with Crippen LogP contribution in [0.2, 0.25) is 0 Å². The molecule has 102 valence electrons. The lowest BCUT2D eigenvalue weighted by molar-refractivity contribution is -0.134. The van der Waals surface area contributed by atoms with Gasteiger partial charge in [0.15, 0.2) is 0 Å². The Labute approximate surface area is 99.7 Å². The number of amides is 1. The molecule has 0 radical (unpaired) electrons. The van der Waals surface area contributed by atoms with Crippen LogP contribution in [0, 0.1) is 0 Å². The Morgan fingerprint density at radius 3 is 1.56 bits per heavy atom. The zero-order valence-corrected chi connectivity index (χ0v) is 8.97. The number of alkyl halides is 2. The van der Waals surface area contributed by atoms with Crippen molar-refractivity contribution in [1.29, 1.82) is 0 Å². The summed E-state index contributed by atoms with van der Waals surface area (Å²) >= 11 is 0. The lowest BCUT2D eigenvalue weighted by atomic mass is 10.3. The molecular formula is C9H11F2NO6.